The maximum atomic E-state index is 14.8. The lowest BCUT2D eigenvalue weighted by atomic mass is 10.1. The number of nitrogen functional groups attached to an aromatic ring is 1. The summed E-state index contributed by atoms with van der Waals surface area (Å²) in [5, 5.41) is 0. The van der Waals surface area contributed by atoms with Gasteiger partial charge in [-0.25, -0.2) is 14.4 Å². The van der Waals surface area contributed by atoms with Crippen molar-refractivity contribution in [3.8, 4) is 5.75 Å². The molecule has 0 atom stereocenters. The largest absolute Gasteiger partial charge is 0.496 e. The number of nitrogens with two attached hydrogens (primary N) is 1. The monoisotopic (exact) mass is 477 g/mol. The zero-order valence-electron chi connectivity index (χ0n) is 18.9. The van der Waals surface area contributed by atoms with Crippen molar-refractivity contribution in [2.45, 2.75) is 26.6 Å². The number of carbonyl (C=O) groups is 1. The van der Waals surface area contributed by atoms with Gasteiger partial charge in [0.2, 0.25) is 0 Å². The zero-order valence-corrected chi connectivity index (χ0v) is 18.9. The Kier molecular flexibility index (Phi) is 6.94. The first-order valence-electron chi connectivity index (χ1n) is 10.3. The number of ether oxygens (including phenoxy) is 1. The predicted molar refractivity (Wildman–Crippen MR) is 120 cm³/mol. The highest BCUT2D eigenvalue weighted by atomic mass is 19.4. The molecule has 4 aromatic rings. The molecule has 0 saturated carbocycles. The number of halogens is 4. The molecule has 0 saturated heterocycles. The van der Waals surface area contributed by atoms with Gasteiger partial charge in [-0.15, -0.1) is 0 Å². The first-order chi connectivity index (χ1) is 16.1. The summed E-state index contributed by atoms with van der Waals surface area (Å²) in [7, 11) is 2.65. The minimum atomic E-state index is -4.53. The summed E-state index contributed by atoms with van der Waals surface area (Å²) in [5.74, 6) is -1.34. The smallest absolute Gasteiger partial charge is 0.416 e. The number of alkyl halides is 3. The van der Waals surface area contributed by atoms with Crippen molar-refractivity contribution in [1.82, 2.24) is 19.3 Å². The van der Waals surface area contributed by atoms with Crippen LogP contribution in [0.4, 0.5) is 23.4 Å². The third-order valence-corrected chi connectivity index (χ3v) is 5.06. The topological polar surface area (TPSA) is 85.8 Å². The van der Waals surface area contributed by atoms with Crippen molar-refractivity contribution in [2.24, 2.45) is 0 Å². The van der Waals surface area contributed by atoms with Crippen LogP contribution in [-0.4, -0.2) is 39.3 Å². The Bertz CT molecular complexity index is 1350. The lowest BCUT2D eigenvalue weighted by molar-refractivity contribution is -0.137. The fraction of sp³-hybridized carbons (Fsp3) is 0.261. The molecule has 180 valence electrons. The Labute approximate surface area is 192 Å². The molecule has 11 heteroatoms. The van der Waals surface area contributed by atoms with Crippen LogP contribution in [0.3, 0.4) is 0 Å². The molecule has 4 rings (SSSR count). The molecule has 0 aliphatic carbocycles. The van der Waals surface area contributed by atoms with E-state index in [1.807, 2.05) is 13.8 Å². The SMILES string of the molecule is CC.COc1cc(C(F)(F)F)ccc1CN(C)C(=O)c1cc2c(cc1F)nc(N)c1cncn12. The standard InChI is InChI=1S/C21H17F4N5O2.C2H6/c1-29(9-11-3-4-12(21(23,24)25)5-18(11)32-2)20(31)13-6-16-15(7-14(13)22)28-19(26)17-8-27-10-30(16)17;1-2/h3-8,10H,9H2,1-2H3,(H2,26,28);1-2H3. The first kappa shape index (κ1) is 24.7. The van der Waals surface area contributed by atoms with E-state index in [-0.39, 0.29) is 29.2 Å². The van der Waals surface area contributed by atoms with E-state index in [9.17, 15) is 22.4 Å². The summed E-state index contributed by atoms with van der Waals surface area (Å²) in [6.45, 7) is 3.90. The number of amides is 1. The van der Waals surface area contributed by atoms with Crippen molar-refractivity contribution < 1.29 is 27.1 Å². The summed E-state index contributed by atoms with van der Waals surface area (Å²) >= 11 is 0. The first-order valence-corrected chi connectivity index (χ1v) is 10.3. The fourth-order valence-corrected chi connectivity index (χ4v) is 3.45. The number of rotatable bonds is 4. The van der Waals surface area contributed by atoms with Crippen molar-refractivity contribution in [2.75, 3.05) is 19.9 Å². The molecule has 7 nitrogen and oxygen atoms in total. The van der Waals surface area contributed by atoms with Crippen LogP contribution in [0.15, 0.2) is 42.9 Å². The highest BCUT2D eigenvalue weighted by molar-refractivity contribution is 5.98. The molecule has 0 fully saturated rings. The number of anilines is 1. The Morgan fingerprint density at radius 2 is 1.88 bits per heavy atom. The second kappa shape index (κ2) is 9.54. The van der Waals surface area contributed by atoms with Gasteiger partial charge in [-0.05, 0) is 18.2 Å². The van der Waals surface area contributed by atoms with E-state index in [1.165, 1.54) is 43.7 Å². The third kappa shape index (κ3) is 4.59. The summed E-state index contributed by atoms with van der Waals surface area (Å²) < 4.78 is 60.3. The number of carbonyl (C=O) groups excluding carboxylic acids is 1. The van der Waals surface area contributed by atoms with Crippen molar-refractivity contribution >= 4 is 28.3 Å². The second-order valence-corrected chi connectivity index (χ2v) is 7.15. The lowest BCUT2D eigenvalue weighted by Gasteiger charge is -2.20. The van der Waals surface area contributed by atoms with Gasteiger partial charge in [-0.2, -0.15) is 13.2 Å². The molecule has 0 bridgehead atoms. The fourth-order valence-electron chi connectivity index (χ4n) is 3.45. The zero-order chi connectivity index (χ0) is 25.2. The molecule has 0 radical (unpaired) electrons. The number of hydrogen-bond acceptors (Lipinski definition) is 5. The molecule has 0 aliphatic rings. The molecule has 2 heterocycles. The van der Waals surface area contributed by atoms with E-state index in [2.05, 4.69) is 9.97 Å². The van der Waals surface area contributed by atoms with Crippen LogP contribution in [-0.2, 0) is 12.7 Å². The van der Waals surface area contributed by atoms with Gasteiger partial charge in [-0.1, -0.05) is 19.9 Å². The maximum Gasteiger partial charge on any atom is 0.416 e. The van der Waals surface area contributed by atoms with Crippen LogP contribution in [0, 0.1) is 5.82 Å². The van der Waals surface area contributed by atoms with Gasteiger partial charge in [0, 0.05) is 25.2 Å². The molecule has 2 N–H and O–H groups in total. The van der Waals surface area contributed by atoms with Crippen LogP contribution in [0.1, 0.15) is 35.3 Å². The van der Waals surface area contributed by atoms with Gasteiger partial charge in [-0.3, -0.25) is 9.20 Å². The van der Waals surface area contributed by atoms with Gasteiger partial charge in [0.1, 0.15) is 22.9 Å². The quantitative estimate of drug-likeness (QED) is 0.422. The highest BCUT2D eigenvalue weighted by Gasteiger charge is 2.31. The highest BCUT2D eigenvalue weighted by Crippen LogP contribution is 2.33. The molecule has 34 heavy (non-hydrogen) atoms. The van der Waals surface area contributed by atoms with Gasteiger partial charge >= 0.3 is 6.18 Å². The molecule has 2 aromatic heterocycles. The lowest BCUT2D eigenvalue weighted by Crippen LogP contribution is -2.27. The molecule has 0 spiro atoms. The second-order valence-electron chi connectivity index (χ2n) is 7.15. The Morgan fingerprint density at radius 1 is 1.18 bits per heavy atom. The Balaban J connectivity index is 0.00000158. The average molecular weight is 477 g/mol. The molecule has 1 amide bonds. The van der Waals surface area contributed by atoms with E-state index in [1.54, 1.807) is 4.40 Å². The van der Waals surface area contributed by atoms with Crippen molar-refractivity contribution in [3.05, 3.63) is 65.4 Å². The number of aromatic nitrogens is 3. The van der Waals surface area contributed by atoms with Crippen LogP contribution in [0.5, 0.6) is 5.75 Å². The average Bonchev–Trinajstić information content (AvgIpc) is 3.30. The number of hydrogen-bond donors (Lipinski definition) is 1. The molecular weight excluding hydrogens is 454 g/mol. The molecular formula is C23H23F4N5O2. The molecule has 0 aliphatic heterocycles. The number of methoxy groups -OCH3 is 1. The van der Waals surface area contributed by atoms with Gasteiger partial charge < -0.3 is 15.4 Å². The van der Waals surface area contributed by atoms with E-state index >= 15 is 0 Å². The maximum absolute atomic E-state index is 14.8. The van der Waals surface area contributed by atoms with E-state index < -0.39 is 23.5 Å². The van der Waals surface area contributed by atoms with Crippen molar-refractivity contribution in [3.63, 3.8) is 0 Å². The number of nitrogens with zero attached hydrogens (tertiary/aromatic N) is 4. The predicted octanol–water partition coefficient (Wildman–Crippen LogP) is 4.93. The van der Waals surface area contributed by atoms with Gasteiger partial charge in [0.25, 0.3) is 5.91 Å². The van der Waals surface area contributed by atoms with E-state index in [0.717, 1.165) is 18.2 Å². The third-order valence-electron chi connectivity index (χ3n) is 5.06. The molecule has 2 aromatic carbocycles. The van der Waals surface area contributed by atoms with E-state index in [4.69, 9.17) is 10.5 Å². The van der Waals surface area contributed by atoms with Gasteiger partial charge in [0.05, 0.1) is 41.8 Å². The van der Waals surface area contributed by atoms with Crippen LogP contribution < -0.4 is 10.5 Å². The Hall–Kier alpha value is -3.89. The normalized spacial score (nSPS) is 11.3. The minimum absolute atomic E-state index is 0.0294. The summed E-state index contributed by atoms with van der Waals surface area (Å²) in [6.07, 6.45) is -1.56. The van der Waals surface area contributed by atoms with Gasteiger partial charge in [0.15, 0.2) is 0 Å². The summed E-state index contributed by atoms with van der Waals surface area (Å²) in [5.41, 5.74) is 6.28. The van der Waals surface area contributed by atoms with Crippen LogP contribution in [0.2, 0.25) is 0 Å². The Morgan fingerprint density at radius 3 is 2.53 bits per heavy atom. The molecule has 0 unspecified atom stereocenters. The van der Waals surface area contributed by atoms with Crippen LogP contribution >= 0.6 is 0 Å². The van der Waals surface area contributed by atoms with Crippen molar-refractivity contribution in [1.29, 1.82) is 0 Å². The summed E-state index contributed by atoms with van der Waals surface area (Å²) in [4.78, 5) is 22.3. The minimum Gasteiger partial charge on any atom is -0.496 e. The number of benzene rings is 2. The van der Waals surface area contributed by atoms with Crippen LogP contribution in [0.25, 0.3) is 16.6 Å². The number of imidazole rings is 1. The summed E-state index contributed by atoms with van der Waals surface area (Å²) in [6, 6.07) is 5.43. The van der Waals surface area contributed by atoms with E-state index in [0.29, 0.717) is 16.6 Å². The number of fused-ring (bicyclic) bond motifs is 3.